The van der Waals surface area contributed by atoms with Crippen molar-refractivity contribution in [2.45, 2.75) is 19.4 Å². The van der Waals surface area contributed by atoms with Gasteiger partial charge < -0.3 is 14.6 Å². The highest BCUT2D eigenvalue weighted by atomic mass is 16.5. The minimum Gasteiger partial charge on any atom is -0.491 e. The van der Waals surface area contributed by atoms with E-state index >= 15 is 0 Å². The van der Waals surface area contributed by atoms with Gasteiger partial charge in [0.25, 0.3) is 0 Å². The van der Waals surface area contributed by atoms with Crippen LogP contribution in [0.15, 0.2) is 48.5 Å². The Labute approximate surface area is 126 Å². The van der Waals surface area contributed by atoms with E-state index in [0.29, 0.717) is 19.0 Å². The fourth-order valence-corrected chi connectivity index (χ4v) is 2.33. The maximum atomic E-state index is 11.0. The third kappa shape index (κ3) is 3.63. The number of benzene rings is 2. The van der Waals surface area contributed by atoms with E-state index in [1.54, 1.807) is 14.0 Å². The molecule has 2 aromatic carbocycles. The number of aliphatic hydroxyl groups is 1. The highest BCUT2D eigenvalue weighted by Crippen LogP contribution is 2.35. The SMILES string of the molecule is COCCOc1ccccc1C(C)(O)c1cccc(C)c1. The van der Waals surface area contributed by atoms with Crippen molar-refractivity contribution in [2.75, 3.05) is 20.3 Å². The largest absolute Gasteiger partial charge is 0.491 e. The molecule has 2 aromatic rings. The number of hydrogen-bond donors (Lipinski definition) is 1. The second-order valence-electron chi connectivity index (χ2n) is 5.28. The molecule has 0 radical (unpaired) electrons. The Hall–Kier alpha value is -1.84. The number of aryl methyl sites for hydroxylation is 1. The molecule has 0 spiro atoms. The molecule has 3 nitrogen and oxygen atoms in total. The summed E-state index contributed by atoms with van der Waals surface area (Å²) in [4.78, 5) is 0. The Balaban J connectivity index is 2.35. The summed E-state index contributed by atoms with van der Waals surface area (Å²) in [5.74, 6) is 0.682. The molecule has 1 unspecified atom stereocenters. The Bertz CT molecular complexity index is 591. The van der Waals surface area contributed by atoms with Gasteiger partial charge in [-0.2, -0.15) is 0 Å². The number of rotatable bonds is 6. The summed E-state index contributed by atoms with van der Waals surface area (Å²) in [7, 11) is 1.64. The Morgan fingerprint density at radius 1 is 1.05 bits per heavy atom. The summed E-state index contributed by atoms with van der Waals surface area (Å²) in [6, 6.07) is 15.5. The quantitative estimate of drug-likeness (QED) is 0.828. The Morgan fingerprint density at radius 3 is 2.52 bits per heavy atom. The van der Waals surface area contributed by atoms with Crippen molar-refractivity contribution in [1.82, 2.24) is 0 Å². The number of hydrogen-bond acceptors (Lipinski definition) is 3. The molecule has 2 rings (SSSR count). The predicted molar refractivity (Wildman–Crippen MR) is 83.7 cm³/mol. The van der Waals surface area contributed by atoms with E-state index in [0.717, 1.165) is 16.7 Å². The first-order valence-electron chi connectivity index (χ1n) is 7.06. The molecular formula is C18H22O3. The van der Waals surface area contributed by atoms with Gasteiger partial charge in [-0.3, -0.25) is 0 Å². The zero-order chi connectivity index (χ0) is 15.3. The second-order valence-corrected chi connectivity index (χ2v) is 5.28. The normalized spacial score (nSPS) is 13.7. The third-order valence-corrected chi connectivity index (χ3v) is 3.54. The number of para-hydroxylation sites is 1. The molecule has 0 fully saturated rings. The van der Waals surface area contributed by atoms with Crippen molar-refractivity contribution in [3.63, 3.8) is 0 Å². The lowest BCUT2D eigenvalue weighted by atomic mass is 9.87. The molecule has 112 valence electrons. The fourth-order valence-electron chi connectivity index (χ4n) is 2.33. The predicted octanol–water partition coefficient (Wildman–Crippen LogP) is 3.28. The van der Waals surface area contributed by atoms with E-state index in [4.69, 9.17) is 9.47 Å². The molecule has 0 aliphatic rings. The first-order chi connectivity index (χ1) is 10.1. The summed E-state index contributed by atoms with van der Waals surface area (Å²) in [6.07, 6.45) is 0. The lowest BCUT2D eigenvalue weighted by Crippen LogP contribution is -2.24. The van der Waals surface area contributed by atoms with Crippen molar-refractivity contribution < 1.29 is 14.6 Å². The molecule has 21 heavy (non-hydrogen) atoms. The van der Waals surface area contributed by atoms with Crippen LogP contribution in [0.3, 0.4) is 0 Å². The van der Waals surface area contributed by atoms with Crippen LogP contribution in [-0.2, 0) is 10.3 Å². The van der Waals surface area contributed by atoms with Crippen LogP contribution in [0.2, 0.25) is 0 Å². The topological polar surface area (TPSA) is 38.7 Å². The van der Waals surface area contributed by atoms with E-state index in [9.17, 15) is 5.11 Å². The average molecular weight is 286 g/mol. The zero-order valence-corrected chi connectivity index (χ0v) is 12.8. The summed E-state index contributed by atoms with van der Waals surface area (Å²) in [6.45, 7) is 4.78. The van der Waals surface area contributed by atoms with E-state index in [1.165, 1.54) is 0 Å². The fraction of sp³-hybridized carbons (Fsp3) is 0.333. The van der Waals surface area contributed by atoms with Crippen LogP contribution in [0.4, 0.5) is 0 Å². The highest BCUT2D eigenvalue weighted by molar-refractivity contribution is 5.44. The Kier molecular flexibility index (Phi) is 4.99. The van der Waals surface area contributed by atoms with Crippen molar-refractivity contribution in [2.24, 2.45) is 0 Å². The smallest absolute Gasteiger partial charge is 0.125 e. The average Bonchev–Trinajstić information content (AvgIpc) is 2.48. The van der Waals surface area contributed by atoms with Crippen LogP contribution in [0, 0.1) is 6.92 Å². The first kappa shape index (κ1) is 15.5. The Morgan fingerprint density at radius 2 is 1.81 bits per heavy atom. The van der Waals surface area contributed by atoms with Gasteiger partial charge in [0.15, 0.2) is 0 Å². The maximum absolute atomic E-state index is 11.0. The van der Waals surface area contributed by atoms with Crippen LogP contribution in [-0.4, -0.2) is 25.4 Å². The van der Waals surface area contributed by atoms with Gasteiger partial charge in [-0.25, -0.2) is 0 Å². The molecule has 0 heterocycles. The molecule has 0 aliphatic carbocycles. The molecule has 1 N–H and O–H groups in total. The van der Waals surface area contributed by atoms with Crippen LogP contribution in [0.25, 0.3) is 0 Å². The van der Waals surface area contributed by atoms with Gasteiger partial charge in [0.05, 0.1) is 6.61 Å². The maximum Gasteiger partial charge on any atom is 0.125 e. The molecule has 0 amide bonds. The molecule has 0 bridgehead atoms. The summed E-state index contributed by atoms with van der Waals surface area (Å²) in [5, 5.41) is 11.0. The van der Waals surface area contributed by atoms with Crippen molar-refractivity contribution in [1.29, 1.82) is 0 Å². The lowest BCUT2D eigenvalue weighted by molar-refractivity contribution is 0.0943. The van der Waals surface area contributed by atoms with Gasteiger partial charge in [-0.1, -0.05) is 48.0 Å². The van der Waals surface area contributed by atoms with Crippen LogP contribution in [0.5, 0.6) is 5.75 Å². The monoisotopic (exact) mass is 286 g/mol. The van der Waals surface area contributed by atoms with E-state index < -0.39 is 5.60 Å². The summed E-state index contributed by atoms with van der Waals surface area (Å²) in [5.41, 5.74) is 1.62. The molecular weight excluding hydrogens is 264 g/mol. The van der Waals surface area contributed by atoms with Crippen LogP contribution >= 0.6 is 0 Å². The van der Waals surface area contributed by atoms with Crippen LogP contribution in [0.1, 0.15) is 23.6 Å². The number of methoxy groups -OCH3 is 1. The van der Waals surface area contributed by atoms with Crippen molar-refractivity contribution in [3.8, 4) is 5.75 Å². The van der Waals surface area contributed by atoms with Crippen molar-refractivity contribution >= 4 is 0 Å². The van der Waals surface area contributed by atoms with Gasteiger partial charge >= 0.3 is 0 Å². The van der Waals surface area contributed by atoms with Gasteiger partial charge in [0.1, 0.15) is 18.0 Å². The molecule has 1 atom stereocenters. The standard InChI is InChI=1S/C18H22O3/c1-14-7-6-8-15(13-14)18(2,19)16-9-4-5-10-17(16)21-12-11-20-3/h4-10,13,19H,11-12H2,1-3H3. The van der Waals surface area contributed by atoms with Gasteiger partial charge in [0.2, 0.25) is 0 Å². The first-order valence-corrected chi connectivity index (χ1v) is 7.06. The molecule has 0 saturated heterocycles. The molecule has 0 saturated carbocycles. The molecule has 0 aromatic heterocycles. The second kappa shape index (κ2) is 6.74. The van der Waals surface area contributed by atoms with E-state index in [1.807, 2.05) is 55.5 Å². The van der Waals surface area contributed by atoms with Gasteiger partial charge in [0, 0.05) is 12.7 Å². The van der Waals surface area contributed by atoms with Gasteiger partial charge in [-0.05, 0) is 25.5 Å². The van der Waals surface area contributed by atoms with Gasteiger partial charge in [-0.15, -0.1) is 0 Å². The van der Waals surface area contributed by atoms with Crippen LogP contribution < -0.4 is 4.74 Å². The third-order valence-electron chi connectivity index (χ3n) is 3.54. The van der Waals surface area contributed by atoms with E-state index in [-0.39, 0.29) is 0 Å². The highest BCUT2D eigenvalue weighted by Gasteiger charge is 2.28. The van der Waals surface area contributed by atoms with Crippen molar-refractivity contribution in [3.05, 3.63) is 65.2 Å². The minimum atomic E-state index is -1.10. The number of ether oxygens (including phenoxy) is 2. The minimum absolute atomic E-state index is 0.456. The zero-order valence-electron chi connectivity index (χ0n) is 12.8. The molecule has 3 heteroatoms. The lowest BCUT2D eigenvalue weighted by Gasteiger charge is -2.27. The summed E-state index contributed by atoms with van der Waals surface area (Å²) >= 11 is 0. The molecule has 0 aliphatic heterocycles. The summed E-state index contributed by atoms with van der Waals surface area (Å²) < 4.78 is 10.7. The van der Waals surface area contributed by atoms with E-state index in [2.05, 4.69) is 0 Å².